The Labute approximate surface area is 160 Å². The zero-order valence-corrected chi connectivity index (χ0v) is 15.5. The molecule has 0 heterocycles. The van der Waals surface area contributed by atoms with Gasteiger partial charge in [-0.3, -0.25) is 20.4 Å². The van der Waals surface area contributed by atoms with E-state index in [0.29, 0.717) is 32.7 Å². The number of halogens is 2. The molecule has 0 unspecified atom stereocenters. The summed E-state index contributed by atoms with van der Waals surface area (Å²) in [4.78, 5) is 23.9. The second-order valence-electron chi connectivity index (χ2n) is 4.99. The first kappa shape index (κ1) is 19.6. The summed E-state index contributed by atoms with van der Waals surface area (Å²) in [5, 5.41) is 0.726. The number of hydrogen-bond acceptors (Lipinski definition) is 4. The van der Waals surface area contributed by atoms with Crippen LogP contribution >= 0.6 is 23.2 Å². The van der Waals surface area contributed by atoms with Crippen LogP contribution in [0.1, 0.15) is 15.9 Å². The molecule has 0 spiro atoms. The lowest BCUT2D eigenvalue weighted by molar-refractivity contribution is -0.117. The van der Waals surface area contributed by atoms with Gasteiger partial charge in [-0.05, 0) is 35.9 Å². The van der Waals surface area contributed by atoms with Crippen LogP contribution in [-0.4, -0.2) is 26.0 Å². The van der Waals surface area contributed by atoms with Gasteiger partial charge in [0.1, 0.15) is 0 Å². The molecule has 8 heteroatoms. The molecule has 2 aromatic carbocycles. The van der Waals surface area contributed by atoms with Crippen molar-refractivity contribution in [1.82, 2.24) is 10.9 Å². The summed E-state index contributed by atoms with van der Waals surface area (Å²) in [6, 6.07) is 9.71. The molecular formula is C18H16Cl2N2O4. The molecule has 0 saturated carbocycles. The first-order chi connectivity index (χ1) is 12.5. The summed E-state index contributed by atoms with van der Waals surface area (Å²) in [5.74, 6) is -0.139. The van der Waals surface area contributed by atoms with Crippen molar-refractivity contribution in [1.29, 1.82) is 0 Å². The fraction of sp³-hybridized carbons (Fsp3) is 0.111. The molecule has 6 nitrogen and oxygen atoms in total. The lowest BCUT2D eigenvalue weighted by Gasteiger charge is -2.10. The van der Waals surface area contributed by atoms with Crippen molar-refractivity contribution < 1.29 is 19.1 Å². The summed E-state index contributed by atoms with van der Waals surface area (Å²) in [7, 11) is 2.96. The van der Waals surface area contributed by atoms with Gasteiger partial charge in [0, 0.05) is 11.6 Å². The van der Waals surface area contributed by atoms with Crippen molar-refractivity contribution in [2.45, 2.75) is 0 Å². The number of rotatable bonds is 5. The van der Waals surface area contributed by atoms with Crippen LogP contribution < -0.4 is 20.3 Å². The predicted molar refractivity (Wildman–Crippen MR) is 101 cm³/mol. The Bertz CT molecular complexity index is 853. The highest BCUT2D eigenvalue weighted by Gasteiger charge is 2.11. The van der Waals surface area contributed by atoms with Gasteiger partial charge >= 0.3 is 0 Å². The highest BCUT2D eigenvalue weighted by atomic mass is 35.5. The minimum absolute atomic E-state index is 0.296. The number of hydrogen-bond donors (Lipinski definition) is 2. The molecule has 0 aliphatic rings. The second-order valence-corrected chi connectivity index (χ2v) is 5.77. The number of hydrazine groups is 1. The van der Waals surface area contributed by atoms with Crippen LogP contribution in [0.2, 0.25) is 10.0 Å². The predicted octanol–water partition coefficient (Wildman–Crippen LogP) is 3.49. The number of benzene rings is 2. The van der Waals surface area contributed by atoms with E-state index in [-0.39, 0.29) is 0 Å². The first-order valence-corrected chi connectivity index (χ1v) is 8.16. The van der Waals surface area contributed by atoms with Gasteiger partial charge in [-0.1, -0.05) is 35.3 Å². The molecule has 0 aromatic heterocycles. The number of carbonyl (C=O) groups is 2. The van der Waals surface area contributed by atoms with E-state index in [4.69, 9.17) is 32.7 Å². The lowest BCUT2D eigenvalue weighted by atomic mass is 10.2. The topological polar surface area (TPSA) is 76.7 Å². The summed E-state index contributed by atoms with van der Waals surface area (Å²) >= 11 is 11.9. The van der Waals surface area contributed by atoms with Gasteiger partial charge in [0.2, 0.25) is 0 Å². The number of nitrogens with one attached hydrogen (secondary N) is 2. The standard InChI is InChI=1S/C18H16Cl2N2O4/c1-25-14-8-6-12(10-15(14)26-2)18(24)22-21-16(23)9-7-11-4-3-5-13(19)17(11)20/h3-10H,1-2H3,(H,21,23)(H,22,24)/b9-7+. The van der Waals surface area contributed by atoms with Crippen LogP contribution in [0.3, 0.4) is 0 Å². The second kappa shape index (κ2) is 9.12. The zero-order valence-electron chi connectivity index (χ0n) is 14.0. The molecule has 0 aliphatic carbocycles. The monoisotopic (exact) mass is 394 g/mol. The Morgan fingerprint density at radius 2 is 1.73 bits per heavy atom. The summed E-state index contributed by atoms with van der Waals surface area (Å²) < 4.78 is 10.2. The molecule has 2 rings (SSSR count). The van der Waals surface area contributed by atoms with E-state index >= 15 is 0 Å². The summed E-state index contributed by atoms with van der Waals surface area (Å²) in [6.45, 7) is 0. The maximum atomic E-state index is 12.1. The minimum Gasteiger partial charge on any atom is -0.493 e. The molecule has 0 radical (unpaired) electrons. The SMILES string of the molecule is COc1ccc(C(=O)NNC(=O)/C=C/c2cccc(Cl)c2Cl)cc1OC. The van der Waals surface area contributed by atoms with Crippen molar-refractivity contribution in [3.63, 3.8) is 0 Å². The molecular weight excluding hydrogens is 379 g/mol. The van der Waals surface area contributed by atoms with Gasteiger partial charge in [-0.25, -0.2) is 0 Å². The van der Waals surface area contributed by atoms with E-state index in [9.17, 15) is 9.59 Å². The Balaban J connectivity index is 1.97. The third-order valence-corrected chi connectivity index (χ3v) is 4.17. The molecule has 2 aromatic rings. The van der Waals surface area contributed by atoms with Crippen LogP contribution in [0.5, 0.6) is 11.5 Å². The molecule has 26 heavy (non-hydrogen) atoms. The number of methoxy groups -OCH3 is 2. The third-order valence-electron chi connectivity index (χ3n) is 3.34. The summed E-state index contributed by atoms with van der Waals surface area (Å²) in [6.07, 6.45) is 2.72. The van der Waals surface area contributed by atoms with E-state index < -0.39 is 11.8 Å². The third kappa shape index (κ3) is 4.91. The van der Waals surface area contributed by atoms with Gasteiger partial charge in [-0.2, -0.15) is 0 Å². The smallest absolute Gasteiger partial charge is 0.269 e. The first-order valence-electron chi connectivity index (χ1n) is 7.40. The van der Waals surface area contributed by atoms with Gasteiger partial charge in [0.15, 0.2) is 11.5 Å². The van der Waals surface area contributed by atoms with Crippen LogP contribution in [0, 0.1) is 0 Å². The van der Waals surface area contributed by atoms with Crippen LogP contribution in [-0.2, 0) is 4.79 Å². The van der Waals surface area contributed by atoms with Crippen LogP contribution in [0.4, 0.5) is 0 Å². The average molecular weight is 395 g/mol. The fourth-order valence-corrected chi connectivity index (χ4v) is 2.40. The van der Waals surface area contributed by atoms with Crippen molar-refractivity contribution in [3.05, 3.63) is 63.6 Å². The van der Waals surface area contributed by atoms with Crippen LogP contribution in [0.15, 0.2) is 42.5 Å². The van der Waals surface area contributed by atoms with Crippen molar-refractivity contribution in [2.24, 2.45) is 0 Å². The Kier molecular flexibility index (Phi) is 6.89. The van der Waals surface area contributed by atoms with Gasteiger partial charge in [-0.15, -0.1) is 0 Å². The molecule has 0 fully saturated rings. The minimum atomic E-state index is -0.533. The number of carbonyl (C=O) groups excluding carboxylic acids is 2. The van der Waals surface area contributed by atoms with Crippen molar-refractivity contribution in [2.75, 3.05) is 14.2 Å². The van der Waals surface area contributed by atoms with E-state index in [1.807, 2.05) is 0 Å². The summed E-state index contributed by atoms with van der Waals surface area (Å²) in [5.41, 5.74) is 5.46. The normalized spacial score (nSPS) is 10.5. The van der Waals surface area contributed by atoms with Gasteiger partial charge in [0.05, 0.1) is 24.3 Å². The molecule has 0 atom stereocenters. The van der Waals surface area contributed by atoms with Crippen molar-refractivity contribution >= 4 is 41.1 Å². The number of amides is 2. The average Bonchev–Trinajstić information content (AvgIpc) is 2.66. The fourth-order valence-electron chi connectivity index (χ4n) is 2.02. The molecule has 0 bridgehead atoms. The largest absolute Gasteiger partial charge is 0.493 e. The lowest BCUT2D eigenvalue weighted by Crippen LogP contribution is -2.40. The van der Waals surface area contributed by atoms with Gasteiger partial charge in [0.25, 0.3) is 11.8 Å². The number of ether oxygens (including phenoxy) is 2. The van der Waals surface area contributed by atoms with E-state index in [2.05, 4.69) is 10.9 Å². The maximum Gasteiger partial charge on any atom is 0.269 e. The zero-order chi connectivity index (χ0) is 19.1. The van der Waals surface area contributed by atoms with Gasteiger partial charge < -0.3 is 9.47 Å². The molecule has 0 aliphatic heterocycles. The Morgan fingerprint density at radius 3 is 2.42 bits per heavy atom. The molecule has 2 N–H and O–H groups in total. The molecule has 136 valence electrons. The van der Waals surface area contributed by atoms with Crippen molar-refractivity contribution in [3.8, 4) is 11.5 Å². The highest BCUT2D eigenvalue weighted by molar-refractivity contribution is 6.42. The van der Waals surface area contributed by atoms with E-state index in [1.54, 1.807) is 30.3 Å². The molecule has 2 amide bonds. The highest BCUT2D eigenvalue weighted by Crippen LogP contribution is 2.27. The quantitative estimate of drug-likeness (QED) is 0.600. The van der Waals surface area contributed by atoms with Crippen LogP contribution in [0.25, 0.3) is 6.08 Å². The maximum absolute atomic E-state index is 12.1. The molecule has 0 saturated heterocycles. The Hall–Kier alpha value is -2.70. The van der Waals surface area contributed by atoms with E-state index in [0.717, 1.165) is 0 Å². The van der Waals surface area contributed by atoms with E-state index in [1.165, 1.54) is 32.4 Å². The Morgan fingerprint density at radius 1 is 1.00 bits per heavy atom.